The molecule has 0 aromatic heterocycles. The summed E-state index contributed by atoms with van der Waals surface area (Å²) in [6.45, 7) is 5.03. The molecule has 0 atom stereocenters. The monoisotopic (exact) mass is 236 g/mol. The van der Waals surface area contributed by atoms with Crippen LogP contribution >= 0.6 is 0 Å². The lowest BCUT2D eigenvalue weighted by molar-refractivity contribution is -0.143. The van der Waals surface area contributed by atoms with Crippen LogP contribution in [0.4, 0.5) is 0 Å². The summed E-state index contributed by atoms with van der Waals surface area (Å²) in [7, 11) is -2.35. The second-order valence-corrected chi connectivity index (χ2v) is 4.47. The zero-order valence-electron chi connectivity index (χ0n) is 8.89. The summed E-state index contributed by atoms with van der Waals surface area (Å²) in [5, 5.41) is 0. The SMILES string of the molecule is C=CCN(CC(=O)OCC)S(=O)(=O)NC. The van der Waals surface area contributed by atoms with Gasteiger partial charge in [0.1, 0.15) is 6.54 Å². The molecule has 6 nitrogen and oxygen atoms in total. The Morgan fingerprint density at radius 3 is 2.60 bits per heavy atom. The predicted molar refractivity (Wildman–Crippen MR) is 56.4 cm³/mol. The minimum atomic E-state index is -3.62. The lowest BCUT2D eigenvalue weighted by atomic mass is 10.5. The van der Waals surface area contributed by atoms with Gasteiger partial charge in [0.2, 0.25) is 0 Å². The Balaban J connectivity index is 4.54. The maximum atomic E-state index is 11.4. The Hall–Kier alpha value is -0.920. The van der Waals surface area contributed by atoms with Crippen LogP contribution in [0.25, 0.3) is 0 Å². The van der Waals surface area contributed by atoms with Gasteiger partial charge in [0.25, 0.3) is 10.2 Å². The molecule has 0 saturated heterocycles. The molecule has 0 aromatic rings. The van der Waals surface area contributed by atoms with E-state index in [1.54, 1.807) is 6.92 Å². The molecule has 0 heterocycles. The largest absolute Gasteiger partial charge is 0.465 e. The predicted octanol–water partition coefficient (Wildman–Crippen LogP) is -0.498. The molecule has 0 spiro atoms. The van der Waals surface area contributed by atoms with Gasteiger partial charge in [-0.05, 0) is 6.92 Å². The maximum absolute atomic E-state index is 11.4. The Kier molecular flexibility index (Phi) is 6.14. The third-order valence-corrected chi connectivity index (χ3v) is 3.02. The average molecular weight is 236 g/mol. The van der Waals surface area contributed by atoms with E-state index in [1.807, 2.05) is 0 Å². The van der Waals surface area contributed by atoms with Crippen molar-refractivity contribution in [3.8, 4) is 0 Å². The summed E-state index contributed by atoms with van der Waals surface area (Å²) in [5.41, 5.74) is 0. The van der Waals surface area contributed by atoms with Gasteiger partial charge in [-0.3, -0.25) is 4.79 Å². The normalized spacial score (nSPS) is 11.4. The Labute approximate surface area is 90.1 Å². The number of ether oxygens (including phenoxy) is 1. The standard InChI is InChI=1S/C8H16N2O4S/c1-4-6-10(15(12,13)9-3)7-8(11)14-5-2/h4,9H,1,5-7H2,2-3H3. The van der Waals surface area contributed by atoms with E-state index >= 15 is 0 Å². The first kappa shape index (κ1) is 14.1. The van der Waals surface area contributed by atoms with Crippen molar-refractivity contribution < 1.29 is 17.9 Å². The molecule has 0 fully saturated rings. The first-order chi connectivity index (χ1) is 6.97. The van der Waals surface area contributed by atoms with E-state index in [0.29, 0.717) is 0 Å². The van der Waals surface area contributed by atoms with Crippen LogP contribution in [0.5, 0.6) is 0 Å². The van der Waals surface area contributed by atoms with Gasteiger partial charge in [0, 0.05) is 13.6 Å². The van der Waals surface area contributed by atoms with Crippen LogP contribution < -0.4 is 4.72 Å². The zero-order valence-corrected chi connectivity index (χ0v) is 9.71. The van der Waals surface area contributed by atoms with Gasteiger partial charge in [-0.1, -0.05) is 6.08 Å². The summed E-state index contributed by atoms with van der Waals surface area (Å²) in [6, 6.07) is 0. The van der Waals surface area contributed by atoms with Gasteiger partial charge in [0.05, 0.1) is 6.61 Å². The molecule has 0 amide bonds. The topological polar surface area (TPSA) is 75.7 Å². The highest BCUT2D eigenvalue weighted by atomic mass is 32.2. The lowest BCUT2D eigenvalue weighted by Crippen LogP contribution is -2.42. The number of hydrogen-bond acceptors (Lipinski definition) is 4. The molecule has 0 aliphatic carbocycles. The third kappa shape index (κ3) is 4.91. The number of carbonyl (C=O) groups excluding carboxylic acids is 1. The fourth-order valence-corrected chi connectivity index (χ4v) is 1.71. The number of nitrogens with one attached hydrogen (secondary N) is 1. The molecule has 0 radical (unpaired) electrons. The molecule has 0 aliphatic heterocycles. The molecular weight excluding hydrogens is 220 g/mol. The molecule has 1 N–H and O–H groups in total. The second-order valence-electron chi connectivity index (χ2n) is 2.60. The summed E-state index contributed by atoms with van der Waals surface area (Å²) in [5.74, 6) is -0.585. The van der Waals surface area contributed by atoms with Crippen molar-refractivity contribution in [2.45, 2.75) is 6.92 Å². The van der Waals surface area contributed by atoms with E-state index in [9.17, 15) is 13.2 Å². The highest BCUT2D eigenvalue weighted by Crippen LogP contribution is 1.98. The lowest BCUT2D eigenvalue weighted by Gasteiger charge is -2.18. The summed E-state index contributed by atoms with van der Waals surface area (Å²) >= 11 is 0. The van der Waals surface area contributed by atoms with Crippen molar-refractivity contribution in [2.75, 3.05) is 26.7 Å². The number of carbonyl (C=O) groups is 1. The van der Waals surface area contributed by atoms with Crippen molar-refractivity contribution in [2.24, 2.45) is 0 Å². The molecule has 0 bridgehead atoms. The van der Waals surface area contributed by atoms with Gasteiger partial charge in [-0.15, -0.1) is 6.58 Å². The first-order valence-electron chi connectivity index (χ1n) is 4.43. The van der Waals surface area contributed by atoms with E-state index in [-0.39, 0.29) is 19.7 Å². The average Bonchev–Trinajstić information content (AvgIpc) is 2.17. The summed E-state index contributed by atoms with van der Waals surface area (Å²) in [6.07, 6.45) is 1.40. The molecule has 0 aliphatic rings. The fraction of sp³-hybridized carbons (Fsp3) is 0.625. The van der Waals surface area contributed by atoms with Crippen LogP contribution in [0.15, 0.2) is 12.7 Å². The van der Waals surface area contributed by atoms with Crippen molar-refractivity contribution in [3.63, 3.8) is 0 Å². The number of nitrogens with zero attached hydrogens (tertiary/aromatic N) is 1. The molecule has 88 valence electrons. The van der Waals surface area contributed by atoms with E-state index in [0.717, 1.165) is 4.31 Å². The molecule has 7 heteroatoms. The van der Waals surface area contributed by atoms with E-state index in [2.05, 4.69) is 16.0 Å². The molecule has 0 aromatic carbocycles. The van der Waals surface area contributed by atoms with Crippen LogP contribution in [0.2, 0.25) is 0 Å². The number of rotatable bonds is 7. The Bertz CT molecular complexity index is 313. The Morgan fingerprint density at radius 1 is 1.60 bits per heavy atom. The quantitative estimate of drug-likeness (QED) is 0.477. The minimum Gasteiger partial charge on any atom is -0.465 e. The Morgan fingerprint density at radius 2 is 2.20 bits per heavy atom. The first-order valence-corrected chi connectivity index (χ1v) is 5.87. The van der Waals surface area contributed by atoms with E-state index in [1.165, 1.54) is 13.1 Å². The highest BCUT2D eigenvalue weighted by molar-refractivity contribution is 7.87. The van der Waals surface area contributed by atoms with Gasteiger partial charge in [0.15, 0.2) is 0 Å². The van der Waals surface area contributed by atoms with Gasteiger partial charge >= 0.3 is 5.97 Å². The molecule has 15 heavy (non-hydrogen) atoms. The zero-order chi connectivity index (χ0) is 11.9. The summed E-state index contributed by atoms with van der Waals surface area (Å²) in [4.78, 5) is 11.1. The second kappa shape index (κ2) is 6.54. The van der Waals surface area contributed by atoms with Gasteiger partial charge in [-0.25, -0.2) is 4.72 Å². The highest BCUT2D eigenvalue weighted by Gasteiger charge is 2.21. The van der Waals surface area contributed by atoms with Crippen LogP contribution in [0, 0.1) is 0 Å². The van der Waals surface area contributed by atoms with Crippen molar-refractivity contribution in [3.05, 3.63) is 12.7 Å². The van der Waals surface area contributed by atoms with Crippen LogP contribution in [0.3, 0.4) is 0 Å². The van der Waals surface area contributed by atoms with Crippen LogP contribution in [-0.4, -0.2) is 45.4 Å². The maximum Gasteiger partial charge on any atom is 0.321 e. The van der Waals surface area contributed by atoms with Crippen LogP contribution in [-0.2, 0) is 19.7 Å². The number of esters is 1. The molecular formula is C8H16N2O4S. The fourth-order valence-electron chi connectivity index (χ4n) is 0.871. The number of hydrogen-bond donors (Lipinski definition) is 1. The minimum absolute atomic E-state index is 0.0575. The van der Waals surface area contributed by atoms with Crippen molar-refractivity contribution in [1.29, 1.82) is 0 Å². The van der Waals surface area contributed by atoms with Crippen LogP contribution in [0.1, 0.15) is 6.92 Å². The molecule has 0 rings (SSSR count). The van der Waals surface area contributed by atoms with Gasteiger partial charge in [-0.2, -0.15) is 12.7 Å². The van der Waals surface area contributed by atoms with Crippen molar-refractivity contribution in [1.82, 2.24) is 9.03 Å². The third-order valence-electron chi connectivity index (χ3n) is 1.54. The molecule has 0 saturated carbocycles. The molecule has 0 unspecified atom stereocenters. The van der Waals surface area contributed by atoms with E-state index < -0.39 is 16.2 Å². The van der Waals surface area contributed by atoms with Crippen molar-refractivity contribution >= 4 is 16.2 Å². The van der Waals surface area contributed by atoms with Gasteiger partial charge < -0.3 is 4.74 Å². The summed E-state index contributed by atoms with van der Waals surface area (Å²) < 4.78 is 30.5. The smallest absolute Gasteiger partial charge is 0.321 e. The van der Waals surface area contributed by atoms with E-state index in [4.69, 9.17) is 0 Å².